The predicted molar refractivity (Wildman–Crippen MR) is 93.7 cm³/mol. The smallest absolute Gasteiger partial charge is 0.349 e. The number of aromatic nitrogens is 2. The van der Waals surface area contributed by atoms with Gasteiger partial charge in [-0.1, -0.05) is 12.2 Å². The quantitative estimate of drug-likeness (QED) is 0.252. The zero-order valence-electron chi connectivity index (χ0n) is 14.4. The molecule has 5 N–H and O–H groups in total. The van der Waals surface area contributed by atoms with E-state index in [2.05, 4.69) is 18.1 Å². The van der Waals surface area contributed by atoms with Crippen molar-refractivity contribution in [3.05, 3.63) is 27.4 Å². The Morgan fingerprint density at radius 3 is 2.48 bits per heavy atom. The number of rotatable bonds is 8. The van der Waals surface area contributed by atoms with E-state index in [0.717, 1.165) is 11.5 Å². The van der Waals surface area contributed by atoms with Crippen molar-refractivity contribution in [2.75, 3.05) is 6.61 Å². The molecule has 14 nitrogen and oxygen atoms in total. The average Bonchev–Trinajstić information content (AvgIpc) is 2.76. The molecule has 1 aliphatic heterocycles. The van der Waals surface area contributed by atoms with Crippen LogP contribution in [0, 0.1) is 4.64 Å². The lowest BCUT2D eigenvalue weighted by molar-refractivity contribution is -0.0604. The van der Waals surface area contributed by atoms with E-state index in [4.69, 9.17) is 31.6 Å². The monoisotopic (exact) mass is 500 g/mol. The summed E-state index contributed by atoms with van der Waals surface area (Å²) < 4.78 is 66.2. The van der Waals surface area contributed by atoms with Crippen LogP contribution in [0.15, 0.2) is 17.1 Å². The fourth-order valence-corrected chi connectivity index (χ4v) is 5.66. The van der Waals surface area contributed by atoms with Crippen LogP contribution < -0.4 is 5.69 Å². The first-order chi connectivity index (χ1) is 13.0. The fourth-order valence-electron chi connectivity index (χ4n) is 2.46. The number of hydrogen-bond donors (Lipinski definition) is 5. The summed E-state index contributed by atoms with van der Waals surface area (Å²) in [7, 11) is -16.6. The third-order valence-corrected chi connectivity index (χ3v) is 7.45. The minimum Gasteiger partial charge on any atom is -0.349 e. The number of halogens is 1. The summed E-state index contributed by atoms with van der Waals surface area (Å²) in [5.41, 5.74) is -2.88. The summed E-state index contributed by atoms with van der Waals surface area (Å²) in [4.78, 5) is 49.6. The van der Waals surface area contributed by atoms with Gasteiger partial charge >= 0.3 is 29.2 Å². The van der Waals surface area contributed by atoms with Crippen LogP contribution in [0.4, 0.5) is 4.39 Å². The zero-order chi connectivity index (χ0) is 22.3. The van der Waals surface area contributed by atoms with Gasteiger partial charge in [-0.25, -0.2) is 22.9 Å². The molecular formula is C10H16FN2O12P3S. The lowest BCUT2D eigenvalue weighted by Gasteiger charge is -2.22. The normalized spacial score (nSPS) is 29.3. The molecule has 0 spiro atoms. The first-order valence-corrected chi connectivity index (χ1v) is 12.4. The number of ether oxygens (including phenoxy) is 1. The van der Waals surface area contributed by atoms with E-state index in [1.807, 2.05) is 0 Å². The highest BCUT2D eigenvalue weighted by Gasteiger charge is 2.48. The Kier molecular flexibility index (Phi) is 7.23. The minimum absolute atomic E-state index is 0.106. The van der Waals surface area contributed by atoms with Gasteiger partial charge in [0, 0.05) is 12.6 Å². The predicted octanol–water partition coefficient (Wildman–Crippen LogP) is 1.26. The number of nitrogens with zero attached hydrogens (tertiary/aromatic N) is 1. The maximum absolute atomic E-state index is 14.8. The Hall–Kier alpha value is -0.600. The molecule has 1 saturated heterocycles. The number of phosphoric ester groups is 1. The van der Waals surface area contributed by atoms with E-state index in [1.165, 1.54) is 12.3 Å². The van der Waals surface area contributed by atoms with Gasteiger partial charge < -0.3 is 24.3 Å². The van der Waals surface area contributed by atoms with Crippen LogP contribution in [-0.4, -0.2) is 47.5 Å². The molecule has 0 amide bonds. The fraction of sp³-hybridized carbons (Fsp3) is 0.600. The molecule has 2 heterocycles. The minimum atomic E-state index is -5.67. The molecular weight excluding hydrogens is 484 g/mol. The Morgan fingerprint density at radius 2 is 1.93 bits per heavy atom. The van der Waals surface area contributed by atoms with Crippen molar-refractivity contribution >= 4 is 35.7 Å². The van der Waals surface area contributed by atoms with E-state index in [-0.39, 0.29) is 4.64 Å². The zero-order valence-corrected chi connectivity index (χ0v) is 17.9. The van der Waals surface area contributed by atoms with Gasteiger partial charge in [-0.05, 0) is 13.0 Å². The molecule has 0 radical (unpaired) electrons. The van der Waals surface area contributed by atoms with Gasteiger partial charge in [-0.2, -0.15) is 8.62 Å². The summed E-state index contributed by atoms with van der Waals surface area (Å²) >= 11 is 4.77. The van der Waals surface area contributed by atoms with Crippen LogP contribution in [0.1, 0.15) is 19.6 Å². The molecule has 5 atom stereocenters. The second-order valence-corrected chi connectivity index (χ2v) is 10.9. The number of hydrogen-bond acceptors (Lipinski definition) is 9. The van der Waals surface area contributed by atoms with Crippen LogP contribution in [0.3, 0.4) is 0 Å². The lowest BCUT2D eigenvalue weighted by atomic mass is 10.0. The molecule has 3 unspecified atom stereocenters. The summed E-state index contributed by atoms with van der Waals surface area (Å²) in [5.74, 6) is 0. The van der Waals surface area contributed by atoms with E-state index in [1.54, 1.807) is 0 Å². The van der Waals surface area contributed by atoms with Gasteiger partial charge in [0.2, 0.25) is 0 Å². The van der Waals surface area contributed by atoms with Crippen molar-refractivity contribution in [3.63, 3.8) is 0 Å². The van der Waals surface area contributed by atoms with E-state index < -0.39 is 60.2 Å². The van der Waals surface area contributed by atoms with Gasteiger partial charge in [0.25, 0.3) is 0 Å². The van der Waals surface area contributed by atoms with Crippen molar-refractivity contribution in [2.45, 2.75) is 31.3 Å². The molecule has 0 saturated carbocycles. The molecule has 0 bridgehead atoms. The van der Waals surface area contributed by atoms with Crippen molar-refractivity contribution in [1.29, 1.82) is 0 Å². The van der Waals surface area contributed by atoms with Crippen LogP contribution >= 0.6 is 35.7 Å². The Bertz CT molecular complexity index is 1020. The first-order valence-electron chi connectivity index (χ1n) is 7.44. The molecule has 19 heteroatoms. The van der Waals surface area contributed by atoms with Crippen molar-refractivity contribution in [2.24, 2.45) is 0 Å². The third-order valence-electron chi connectivity index (χ3n) is 3.41. The Morgan fingerprint density at radius 1 is 1.31 bits per heavy atom. The number of H-pyrrole nitrogens is 1. The molecule has 0 aliphatic carbocycles. The second kappa shape index (κ2) is 8.50. The maximum atomic E-state index is 14.8. The highest BCUT2D eigenvalue weighted by molar-refractivity contribution is 7.71. The van der Waals surface area contributed by atoms with Gasteiger partial charge in [0.05, 0.1) is 12.7 Å². The number of nitrogens with one attached hydrogen (secondary N) is 1. The molecule has 166 valence electrons. The third kappa shape index (κ3) is 7.24. The van der Waals surface area contributed by atoms with Crippen molar-refractivity contribution in [1.82, 2.24) is 9.55 Å². The van der Waals surface area contributed by atoms with E-state index >= 15 is 0 Å². The van der Waals surface area contributed by atoms with Gasteiger partial charge in [-0.3, -0.25) is 14.1 Å². The number of aromatic amines is 1. The van der Waals surface area contributed by atoms with Gasteiger partial charge in [0.15, 0.2) is 11.9 Å². The highest BCUT2D eigenvalue weighted by atomic mass is 32.1. The first kappa shape index (κ1) is 24.7. The average molecular weight is 500 g/mol. The summed E-state index contributed by atoms with van der Waals surface area (Å²) in [6, 6.07) is 1.32. The summed E-state index contributed by atoms with van der Waals surface area (Å²) in [6.45, 7) is 0.272. The Labute approximate surface area is 166 Å². The van der Waals surface area contributed by atoms with Crippen LogP contribution in [0.25, 0.3) is 0 Å². The summed E-state index contributed by atoms with van der Waals surface area (Å²) in [6.07, 6.45) is -1.87. The highest BCUT2D eigenvalue weighted by Crippen LogP contribution is 2.66. The second-order valence-electron chi connectivity index (χ2n) is 6.00. The van der Waals surface area contributed by atoms with Gasteiger partial charge in [-0.15, -0.1) is 0 Å². The van der Waals surface area contributed by atoms with E-state index in [9.17, 15) is 27.8 Å². The van der Waals surface area contributed by atoms with Crippen LogP contribution in [0.2, 0.25) is 0 Å². The molecule has 2 rings (SSSR count). The lowest BCUT2D eigenvalue weighted by Crippen LogP contribution is -2.35. The van der Waals surface area contributed by atoms with E-state index in [0.29, 0.717) is 0 Å². The van der Waals surface area contributed by atoms with Crippen molar-refractivity contribution < 1.29 is 55.5 Å². The number of alkyl halides is 1. The topological polar surface area (TPSA) is 207 Å². The number of phosphoric acid groups is 3. The molecule has 1 aliphatic rings. The summed E-state index contributed by atoms with van der Waals surface area (Å²) in [5, 5.41) is 0. The SMILES string of the molecule is CC1(F)C[C@@H](COP(=O)(O)OP(=O)(O)OP(=O)(O)O)O[C@H]1n1ccc(=S)[nH]c1=O. The van der Waals surface area contributed by atoms with Crippen LogP contribution in [-0.2, 0) is 31.6 Å². The molecule has 29 heavy (non-hydrogen) atoms. The molecule has 1 aromatic heterocycles. The molecule has 1 fully saturated rings. The molecule has 1 aromatic rings. The van der Waals surface area contributed by atoms with Gasteiger partial charge in [0.1, 0.15) is 4.64 Å². The maximum Gasteiger partial charge on any atom is 0.490 e. The Balaban J connectivity index is 2.05. The standard InChI is InChI=1S/C10H16FN2O12P3S/c1-10(11)4-6(23-8(10)13-3-2-7(29)12-9(13)14)5-22-27(18,19)25-28(20,21)24-26(15,16)17/h2-3,6,8H,4-5H2,1H3,(H,18,19)(H,20,21)(H,12,14,29)(H2,15,16,17)/t6-,8+,10?/m0/s1. The van der Waals surface area contributed by atoms with Crippen LogP contribution in [0.5, 0.6) is 0 Å². The molecule has 0 aromatic carbocycles. The van der Waals surface area contributed by atoms with Crippen molar-refractivity contribution in [3.8, 4) is 0 Å². The largest absolute Gasteiger partial charge is 0.490 e.